The summed E-state index contributed by atoms with van der Waals surface area (Å²) in [6, 6.07) is 5.62. The number of phenolic OH excluding ortho intramolecular Hbond substituents is 1. The molecule has 3 rings (SSSR count). The number of hydrogen-bond acceptors (Lipinski definition) is 5. The van der Waals surface area contributed by atoms with Crippen LogP contribution in [0.4, 0.5) is 0 Å². The predicted octanol–water partition coefficient (Wildman–Crippen LogP) is 3.55. The second-order valence-electron chi connectivity index (χ2n) is 5.63. The van der Waals surface area contributed by atoms with Crippen LogP contribution in [0.15, 0.2) is 16.6 Å². The molecule has 0 fully saturated rings. The van der Waals surface area contributed by atoms with Gasteiger partial charge in [-0.3, -0.25) is 0 Å². The minimum Gasteiger partial charge on any atom is -0.503 e. The van der Waals surface area contributed by atoms with Crippen LogP contribution in [0.3, 0.4) is 0 Å². The van der Waals surface area contributed by atoms with E-state index in [1.165, 1.54) is 7.11 Å². The molecule has 0 amide bonds. The number of nitriles is 1. The molecule has 6 nitrogen and oxygen atoms in total. The number of phenols is 1. The van der Waals surface area contributed by atoms with Crippen molar-refractivity contribution in [1.82, 2.24) is 14.8 Å². The van der Waals surface area contributed by atoms with Crippen LogP contribution in [0, 0.1) is 11.3 Å². The average Bonchev–Trinajstić information content (AvgIpc) is 2.83. The largest absolute Gasteiger partial charge is 0.503 e. The number of allylic oxidation sites excluding steroid dienone is 1. The van der Waals surface area contributed by atoms with Crippen molar-refractivity contribution in [3.63, 3.8) is 0 Å². The zero-order valence-corrected chi connectivity index (χ0v) is 14.9. The Morgan fingerprint density at radius 2 is 2.21 bits per heavy atom. The zero-order valence-electron chi connectivity index (χ0n) is 13.3. The van der Waals surface area contributed by atoms with Gasteiger partial charge in [0.2, 0.25) is 0 Å². The zero-order chi connectivity index (χ0) is 17.1. The van der Waals surface area contributed by atoms with Crippen molar-refractivity contribution in [1.29, 1.82) is 5.26 Å². The number of aryl methyl sites for hydroxylation is 1. The number of benzene rings is 1. The van der Waals surface area contributed by atoms with Crippen LogP contribution in [0.2, 0.25) is 0 Å². The SMILES string of the molecule is COc1cc(C=C(C#N)c2nnc3n2CCCCC3)cc(Br)c1O. The number of methoxy groups -OCH3 is 1. The average molecular weight is 389 g/mol. The number of rotatable bonds is 3. The number of ether oxygens (including phenoxy) is 1. The van der Waals surface area contributed by atoms with Crippen LogP contribution < -0.4 is 4.74 Å². The molecule has 0 saturated carbocycles. The Hall–Kier alpha value is -2.33. The molecule has 1 aromatic carbocycles. The summed E-state index contributed by atoms with van der Waals surface area (Å²) in [7, 11) is 1.48. The number of aromatic nitrogens is 3. The van der Waals surface area contributed by atoms with Crippen molar-refractivity contribution in [3.05, 3.63) is 33.8 Å². The maximum atomic E-state index is 9.90. The van der Waals surface area contributed by atoms with E-state index in [9.17, 15) is 10.4 Å². The molecule has 0 spiro atoms. The first-order chi connectivity index (χ1) is 11.6. The number of halogens is 1. The Balaban J connectivity index is 2.04. The van der Waals surface area contributed by atoms with E-state index >= 15 is 0 Å². The standard InChI is InChI=1S/C17H17BrN4O2/c1-24-14-9-11(8-13(18)16(14)23)7-12(10-19)17-21-20-15-5-3-2-4-6-22(15)17/h7-9,23H,2-6H2,1H3. The van der Waals surface area contributed by atoms with Gasteiger partial charge in [-0.2, -0.15) is 5.26 Å². The second-order valence-corrected chi connectivity index (χ2v) is 6.48. The predicted molar refractivity (Wildman–Crippen MR) is 93.4 cm³/mol. The van der Waals surface area contributed by atoms with E-state index in [1.807, 2.05) is 4.57 Å². The van der Waals surface area contributed by atoms with E-state index in [0.717, 1.165) is 43.6 Å². The molecule has 1 N–H and O–H groups in total. The summed E-state index contributed by atoms with van der Waals surface area (Å²) in [5.74, 6) is 1.91. The van der Waals surface area contributed by atoms with Crippen LogP contribution in [-0.4, -0.2) is 27.0 Å². The molecule has 124 valence electrons. The van der Waals surface area contributed by atoms with Crippen LogP contribution in [0.1, 0.15) is 36.5 Å². The van der Waals surface area contributed by atoms with E-state index in [2.05, 4.69) is 32.2 Å². The maximum absolute atomic E-state index is 9.90. The molecule has 2 aromatic rings. The fraction of sp³-hybridized carbons (Fsp3) is 0.353. The number of hydrogen-bond donors (Lipinski definition) is 1. The number of aromatic hydroxyl groups is 1. The Bertz CT molecular complexity index is 836. The summed E-state index contributed by atoms with van der Waals surface area (Å²) in [6.45, 7) is 0.833. The minimum atomic E-state index is 0.0319. The molecule has 1 aliphatic heterocycles. The molecular formula is C17H17BrN4O2. The lowest BCUT2D eigenvalue weighted by atomic mass is 10.1. The van der Waals surface area contributed by atoms with Gasteiger partial charge in [0, 0.05) is 13.0 Å². The number of fused-ring (bicyclic) bond motifs is 1. The second kappa shape index (κ2) is 7.05. The lowest BCUT2D eigenvalue weighted by Crippen LogP contribution is -2.05. The van der Waals surface area contributed by atoms with Gasteiger partial charge in [0.25, 0.3) is 0 Å². The van der Waals surface area contributed by atoms with Gasteiger partial charge in [-0.05, 0) is 52.5 Å². The van der Waals surface area contributed by atoms with Crippen molar-refractivity contribution in [2.24, 2.45) is 0 Å². The minimum absolute atomic E-state index is 0.0319. The molecule has 7 heteroatoms. The van der Waals surface area contributed by atoms with Gasteiger partial charge >= 0.3 is 0 Å². The van der Waals surface area contributed by atoms with Crippen LogP contribution in [-0.2, 0) is 13.0 Å². The molecule has 0 bridgehead atoms. The van der Waals surface area contributed by atoms with E-state index < -0.39 is 0 Å². The highest BCUT2D eigenvalue weighted by Gasteiger charge is 2.18. The molecule has 1 aliphatic rings. The van der Waals surface area contributed by atoms with E-state index in [1.54, 1.807) is 18.2 Å². The van der Waals surface area contributed by atoms with Gasteiger partial charge < -0.3 is 14.4 Å². The molecule has 2 heterocycles. The molecule has 1 aromatic heterocycles. The Kier molecular flexibility index (Phi) is 4.86. The first-order valence-electron chi connectivity index (χ1n) is 7.74. The Labute approximate surface area is 148 Å². The van der Waals surface area contributed by atoms with Crippen LogP contribution in [0.25, 0.3) is 11.6 Å². The van der Waals surface area contributed by atoms with Crippen molar-refractivity contribution in [2.45, 2.75) is 32.2 Å². The van der Waals surface area contributed by atoms with Crippen molar-refractivity contribution >= 4 is 27.6 Å². The smallest absolute Gasteiger partial charge is 0.174 e. The lowest BCUT2D eigenvalue weighted by molar-refractivity contribution is 0.372. The van der Waals surface area contributed by atoms with E-state index in [0.29, 0.717) is 21.6 Å². The maximum Gasteiger partial charge on any atom is 0.174 e. The normalized spacial score (nSPS) is 14.6. The lowest BCUT2D eigenvalue weighted by Gasteiger charge is -2.08. The van der Waals surface area contributed by atoms with Gasteiger partial charge in [-0.15, -0.1) is 10.2 Å². The highest BCUT2D eigenvalue weighted by molar-refractivity contribution is 9.10. The molecule has 0 atom stereocenters. The topological polar surface area (TPSA) is 84.0 Å². The van der Waals surface area contributed by atoms with Gasteiger partial charge in [0.1, 0.15) is 11.9 Å². The molecule has 0 saturated heterocycles. The van der Waals surface area contributed by atoms with Crippen molar-refractivity contribution < 1.29 is 9.84 Å². The number of nitrogens with zero attached hydrogens (tertiary/aromatic N) is 4. The van der Waals surface area contributed by atoms with Crippen LogP contribution >= 0.6 is 15.9 Å². The molecule has 0 unspecified atom stereocenters. The summed E-state index contributed by atoms with van der Waals surface area (Å²) in [5, 5.41) is 28.0. The van der Waals surface area contributed by atoms with E-state index in [-0.39, 0.29) is 5.75 Å². The van der Waals surface area contributed by atoms with Gasteiger partial charge in [0.05, 0.1) is 17.2 Å². The Morgan fingerprint density at radius 1 is 1.38 bits per heavy atom. The van der Waals surface area contributed by atoms with Crippen molar-refractivity contribution in [3.8, 4) is 17.6 Å². The fourth-order valence-corrected chi connectivity index (χ4v) is 3.29. The van der Waals surface area contributed by atoms with Gasteiger partial charge in [-0.1, -0.05) is 6.42 Å². The molecule has 0 radical (unpaired) electrons. The summed E-state index contributed by atoms with van der Waals surface area (Å²) in [5.41, 5.74) is 1.18. The fourth-order valence-electron chi connectivity index (χ4n) is 2.83. The summed E-state index contributed by atoms with van der Waals surface area (Å²) in [6.07, 6.45) is 5.96. The van der Waals surface area contributed by atoms with E-state index in [4.69, 9.17) is 4.74 Å². The summed E-state index contributed by atoms with van der Waals surface area (Å²) >= 11 is 3.29. The van der Waals surface area contributed by atoms with Gasteiger partial charge in [-0.25, -0.2) is 0 Å². The third-order valence-corrected chi connectivity index (χ3v) is 4.66. The quantitative estimate of drug-likeness (QED) is 0.812. The summed E-state index contributed by atoms with van der Waals surface area (Å²) < 4.78 is 7.70. The highest BCUT2D eigenvalue weighted by Crippen LogP contribution is 2.36. The third-order valence-electron chi connectivity index (χ3n) is 4.05. The first kappa shape index (κ1) is 16.5. The molecule has 0 aliphatic carbocycles. The molecular weight excluding hydrogens is 372 g/mol. The van der Waals surface area contributed by atoms with Crippen LogP contribution in [0.5, 0.6) is 11.5 Å². The monoisotopic (exact) mass is 388 g/mol. The highest BCUT2D eigenvalue weighted by atomic mass is 79.9. The molecule has 24 heavy (non-hydrogen) atoms. The first-order valence-corrected chi connectivity index (χ1v) is 8.54. The van der Waals surface area contributed by atoms with Crippen molar-refractivity contribution in [2.75, 3.05) is 7.11 Å². The summed E-state index contributed by atoms with van der Waals surface area (Å²) in [4.78, 5) is 0. The Morgan fingerprint density at radius 3 is 2.96 bits per heavy atom. The van der Waals surface area contributed by atoms with Gasteiger partial charge in [0.15, 0.2) is 17.3 Å². The third kappa shape index (κ3) is 3.15.